The average molecular weight is 415 g/mol. The lowest BCUT2D eigenvalue weighted by Gasteiger charge is -2.14. The van der Waals surface area contributed by atoms with Crippen LogP contribution in [0.4, 0.5) is 0 Å². The fourth-order valence-electron chi connectivity index (χ4n) is 4.04. The Kier molecular flexibility index (Phi) is 6.43. The van der Waals surface area contributed by atoms with Crippen LogP contribution in [0.3, 0.4) is 0 Å². The van der Waals surface area contributed by atoms with Crippen molar-refractivity contribution in [2.75, 3.05) is 19.7 Å². The lowest BCUT2D eigenvalue weighted by molar-refractivity contribution is -0.143. The summed E-state index contributed by atoms with van der Waals surface area (Å²) in [6.07, 6.45) is 0.871. The number of fused-ring (bicyclic) bond motifs is 3. The molecular formula is C26H26N2O3. The zero-order valence-corrected chi connectivity index (χ0v) is 17.3. The number of carbonyl (C=O) groups excluding carboxylic acids is 2. The van der Waals surface area contributed by atoms with Gasteiger partial charge in [0.1, 0.15) is 6.61 Å². The topological polar surface area (TPSA) is 81.4 Å². The van der Waals surface area contributed by atoms with E-state index in [0.29, 0.717) is 38.1 Å². The van der Waals surface area contributed by atoms with Gasteiger partial charge < -0.3 is 15.8 Å². The molecule has 1 aliphatic rings. The van der Waals surface area contributed by atoms with Gasteiger partial charge in [-0.15, -0.1) is 0 Å². The van der Waals surface area contributed by atoms with Gasteiger partial charge in [-0.2, -0.15) is 0 Å². The second-order valence-corrected chi connectivity index (χ2v) is 7.65. The van der Waals surface area contributed by atoms with Gasteiger partial charge in [-0.05, 0) is 46.4 Å². The van der Waals surface area contributed by atoms with Crippen molar-refractivity contribution in [1.82, 2.24) is 5.32 Å². The molecule has 0 bridgehead atoms. The van der Waals surface area contributed by atoms with E-state index in [9.17, 15) is 9.59 Å². The monoisotopic (exact) mass is 414 g/mol. The zero-order chi connectivity index (χ0) is 21.6. The zero-order valence-electron chi connectivity index (χ0n) is 17.3. The minimum Gasteiger partial charge on any atom is -0.465 e. The van der Waals surface area contributed by atoms with E-state index in [1.807, 2.05) is 36.4 Å². The quantitative estimate of drug-likeness (QED) is 0.551. The molecule has 0 saturated heterocycles. The third-order valence-electron chi connectivity index (χ3n) is 5.64. The molecule has 0 saturated carbocycles. The van der Waals surface area contributed by atoms with Crippen LogP contribution in [0.25, 0.3) is 11.1 Å². The van der Waals surface area contributed by atoms with E-state index in [-0.39, 0.29) is 17.8 Å². The molecule has 0 unspecified atom stereocenters. The van der Waals surface area contributed by atoms with E-state index >= 15 is 0 Å². The van der Waals surface area contributed by atoms with Crippen molar-refractivity contribution in [3.63, 3.8) is 0 Å². The van der Waals surface area contributed by atoms with E-state index in [2.05, 4.69) is 29.6 Å². The van der Waals surface area contributed by atoms with Crippen molar-refractivity contribution < 1.29 is 14.3 Å². The number of amides is 1. The second-order valence-electron chi connectivity index (χ2n) is 7.65. The Balaban J connectivity index is 1.32. The van der Waals surface area contributed by atoms with Gasteiger partial charge in [0.15, 0.2) is 0 Å². The predicted molar refractivity (Wildman–Crippen MR) is 121 cm³/mol. The Morgan fingerprint density at radius 2 is 1.48 bits per heavy atom. The Morgan fingerprint density at radius 3 is 2.10 bits per heavy atom. The number of carbonyl (C=O) groups is 2. The molecule has 5 heteroatoms. The van der Waals surface area contributed by atoms with Crippen molar-refractivity contribution in [3.8, 4) is 11.1 Å². The number of esters is 1. The van der Waals surface area contributed by atoms with E-state index < -0.39 is 0 Å². The molecule has 1 aliphatic carbocycles. The number of ether oxygens (including phenoxy) is 1. The van der Waals surface area contributed by atoms with Crippen molar-refractivity contribution in [2.45, 2.75) is 18.8 Å². The largest absolute Gasteiger partial charge is 0.465 e. The molecule has 0 aromatic heterocycles. The summed E-state index contributed by atoms with van der Waals surface area (Å²) < 4.78 is 5.65. The third kappa shape index (κ3) is 4.67. The lowest BCUT2D eigenvalue weighted by Crippen LogP contribution is -2.28. The lowest BCUT2D eigenvalue weighted by atomic mass is 9.98. The summed E-state index contributed by atoms with van der Waals surface area (Å²) in [6, 6.07) is 23.9. The van der Waals surface area contributed by atoms with Crippen LogP contribution in [0.2, 0.25) is 0 Å². The number of nitrogens with two attached hydrogens (primary N) is 1. The van der Waals surface area contributed by atoms with Crippen LogP contribution in [0.5, 0.6) is 0 Å². The van der Waals surface area contributed by atoms with Gasteiger partial charge in [-0.3, -0.25) is 9.59 Å². The maximum absolute atomic E-state index is 12.4. The first-order valence-electron chi connectivity index (χ1n) is 10.6. The van der Waals surface area contributed by atoms with Gasteiger partial charge in [-0.1, -0.05) is 60.7 Å². The minimum absolute atomic E-state index is 0.0719. The Morgan fingerprint density at radius 1 is 0.871 bits per heavy atom. The molecule has 3 aromatic carbocycles. The molecule has 0 aliphatic heterocycles. The van der Waals surface area contributed by atoms with Crippen LogP contribution in [0.15, 0.2) is 72.8 Å². The van der Waals surface area contributed by atoms with Gasteiger partial charge in [0, 0.05) is 31.0 Å². The van der Waals surface area contributed by atoms with E-state index in [0.717, 1.165) is 5.56 Å². The Bertz CT molecular complexity index is 1030. The number of benzene rings is 3. The highest BCUT2D eigenvalue weighted by molar-refractivity contribution is 5.94. The van der Waals surface area contributed by atoms with E-state index in [4.69, 9.17) is 10.5 Å². The summed E-state index contributed by atoms with van der Waals surface area (Å²) in [5.41, 5.74) is 11.8. The molecule has 1 amide bonds. The molecule has 31 heavy (non-hydrogen) atoms. The molecule has 0 atom stereocenters. The summed E-state index contributed by atoms with van der Waals surface area (Å²) in [7, 11) is 0. The molecular weight excluding hydrogens is 388 g/mol. The van der Waals surface area contributed by atoms with Crippen molar-refractivity contribution in [2.24, 2.45) is 5.73 Å². The molecule has 4 rings (SSSR count). The molecule has 5 nitrogen and oxygen atoms in total. The molecule has 0 fully saturated rings. The maximum Gasteiger partial charge on any atom is 0.306 e. The summed E-state index contributed by atoms with van der Waals surface area (Å²) >= 11 is 0. The van der Waals surface area contributed by atoms with Gasteiger partial charge in [-0.25, -0.2) is 0 Å². The molecule has 3 N–H and O–H groups in total. The fraction of sp³-hybridized carbons (Fsp3) is 0.231. The predicted octanol–water partition coefficient (Wildman–Crippen LogP) is 3.66. The van der Waals surface area contributed by atoms with Crippen LogP contribution < -0.4 is 11.1 Å². The molecule has 0 heterocycles. The number of nitrogens with one attached hydrogen (secondary N) is 1. The second kappa shape index (κ2) is 9.58. The van der Waals surface area contributed by atoms with Crippen LogP contribution in [0, 0.1) is 0 Å². The summed E-state index contributed by atoms with van der Waals surface area (Å²) in [5.74, 6) is -0.289. The van der Waals surface area contributed by atoms with Crippen molar-refractivity contribution in [3.05, 3.63) is 95.1 Å². The van der Waals surface area contributed by atoms with Gasteiger partial charge in [0.05, 0.1) is 0 Å². The molecule has 3 aromatic rings. The Labute approximate surface area is 182 Å². The molecule has 0 spiro atoms. The standard InChI is InChI=1S/C26H26N2O3/c27-15-16-28-26(30)19-12-9-18(10-13-19)11-14-25(29)31-17-24-22-7-3-1-5-20(22)21-6-2-4-8-23(21)24/h1-10,12-13,24H,11,14-17,27H2,(H,28,30). The molecule has 158 valence electrons. The van der Waals surface area contributed by atoms with Crippen LogP contribution in [-0.2, 0) is 16.0 Å². The third-order valence-corrected chi connectivity index (χ3v) is 5.64. The highest BCUT2D eigenvalue weighted by Crippen LogP contribution is 2.44. The molecule has 0 radical (unpaired) electrons. The summed E-state index contributed by atoms with van der Waals surface area (Å²) in [4.78, 5) is 24.3. The number of hydrogen-bond donors (Lipinski definition) is 2. The van der Waals surface area contributed by atoms with Gasteiger partial charge in [0.25, 0.3) is 5.91 Å². The van der Waals surface area contributed by atoms with E-state index in [1.165, 1.54) is 22.3 Å². The normalized spacial score (nSPS) is 12.2. The number of hydrogen-bond acceptors (Lipinski definition) is 4. The fourth-order valence-corrected chi connectivity index (χ4v) is 4.04. The van der Waals surface area contributed by atoms with Gasteiger partial charge >= 0.3 is 5.97 Å². The van der Waals surface area contributed by atoms with Gasteiger partial charge in [0.2, 0.25) is 0 Å². The number of rotatable bonds is 8. The maximum atomic E-state index is 12.4. The van der Waals surface area contributed by atoms with Crippen molar-refractivity contribution in [1.29, 1.82) is 0 Å². The SMILES string of the molecule is NCCNC(=O)c1ccc(CCC(=O)OCC2c3ccccc3-c3ccccc32)cc1. The van der Waals surface area contributed by atoms with E-state index in [1.54, 1.807) is 12.1 Å². The number of aryl methyl sites for hydroxylation is 1. The summed E-state index contributed by atoms with van der Waals surface area (Å²) in [6.45, 7) is 1.19. The Hall–Kier alpha value is -3.44. The smallest absolute Gasteiger partial charge is 0.306 e. The minimum atomic E-state index is -0.216. The average Bonchev–Trinajstić information content (AvgIpc) is 3.14. The van der Waals surface area contributed by atoms with Crippen LogP contribution in [0.1, 0.15) is 39.4 Å². The van der Waals surface area contributed by atoms with Crippen LogP contribution >= 0.6 is 0 Å². The highest BCUT2D eigenvalue weighted by atomic mass is 16.5. The first kappa shape index (κ1) is 20.8. The summed E-state index contributed by atoms with van der Waals surface area (Å²) in [5, 5.41) is 2.74. The van der Waals surface area contributed by atoms with Crippen molar-refractivity contribution >= 4 is 11.9 Å². The highest BCUT2D eigenvalue weighted by Gasteiger charge is 2.28. The first-order chi connectivity index (χ1) is 15.2. The van der Waals surface area contributed by atoms with Crippen LogP contribution in [-0.4, -0.2) is 31.6 Å². The first-order valence-corrected chi connectivity index (χ1v) is 10.6.